The van der Waals surface area contributed by atoms with Gasteiger partial charge in [-0.3, -0.25) is 0 Å². The lowest BCUT2D eigenvalue weighted by molar-refractivity contribution is -0.140. The molecule has 2 rings (SSSR count). The first-order valence-corrected chi connectivity index (χ1v) is 5.63. The van der Waals surface area contributed by atoms with Gasteiger partial charge in [-0.15, -0.1) is 0 Å². The molecule has 0 amide bonds. The third-order valence-corrected chi connectivity index (χ3v) is 2.71. The van der Waals surface area contributed by atoms with Crippen LogP contribution in [0.4, 0.5) is 13.2 Å². The Kier molecular flexibility index (Phi) is 2.89. The molecule has 0 bridgehead atoms. The highest BCUT2D eigenvalue weighted by atomic mass is 19.4. The highest BCUT2D eigenvalue weighted by molar-refractivity contribution is 5.84. The molecular weight excluding hydrogens is 241 g/mol. The standard InChI is InChI=1S/C13H15F3N2/c1-12(2,17)7-8-4-3-5-10-9(8)6-11(18-10)13(14,15)16/h3-6,18H,7,17H2,1-2H3. The Labute approximate surface area is 103 Å². The van der Waals surface area contributed by atoms with E-state index in [-0.39, 0.29) is 0 Å². The van der Waals surface area contributed by atoms with E-state index in [2.05, 4.69) is 4.98 Å². The lowest BCUT2D eigenvalue weighted by atomic mass is 9.94. The normalized spacial score (nSPS) is 13.2. The van der Waals surface area contributed by atoms with Gasteiger partial charge >= 0.3 is 6.18 Å². The van der Waals surface area contributed by atoms with Gasteiger partial charge in [0.05, 0.1) is 0 Å². The highest BCUT2D eigenvalue weighted by Gasteiger charge is 2.32. The lowest BCUT2D eigenvalue weighted by Crippen LogP contribution is -2.34. The van der Waals surface area contributed by atoms with Crippen molar-refractivity contribution >= 4 is 10.9 Å². The maximum absolute atomic E-state index is 12.6. The number of H-pyrrole nitrogens is 1. The second-order valence-corrected chi connectivity index (χ2v) is 5.22. The molecule has 1 aromatic carbocycles. The van der Waals surface area contributed by atoms with Gasteiger partial charge in [0.1, 0.15) is 5.69 Å². The summed E-state index contributed by atoms with van der Waals surface area (Å²) in [6.07, 6.45) is -3.83. The molecule has 98 valence electrons. The van der Waals surface area contributed by atoms with Crippen LogP contribution in [0.1, 0.15) is 25.1 Å². The zero-order valence-electron chi connectivity index (χ0n) is 10.2. The molecule has 0 aliphatic heterocycles. The third-order valence-electron chi connectivity index (χ3n) is 2.71. The van der Waals surface area contributed by atoms with Crippen LogP contribution < -0.4 is 5.73 Å². The molecule has 2 aromatic rings. The molecule has 5 heteroatoms. The second-order valence-electron chi connectivity index (χ2n) is 5.22. The number of aromatic nitrogens is 1. The van der Waals surface area contributed by atoms with E-state index in [9.17, 15) is 13.2 Å². The summed E-state index contributed by atoms with van der Waals surface area (Å²) in [7, 11) is 0. The molecule has 0 spiro atoms. The number of hydrogen-bond donors (Lipinski definition) is 2. The van der Waals surface area contributed by atoms with Crippen molar-refractivity contribution in [2.24, 2.45) is 5.73 Å². The van der Waals surface area contributed by atoms with E-state index in [0.29, 0.717) is 17.3 Å². The van der Waals surface area contributed by atoms with Crippen molar-refractivity contribution in [1.82, 2.24) is 4.98 Å². The average molecular weight is 256 g/mol. The van der Waals surface area contributed by atoms with Crippen LogP contribution in [-0.2, 0) is 12.6 Å². The van der Waals surface area contributed by atoms with Crippen LogP contribution in [0.3, 0.4) is 0 Å². The van der Waals surface area contributed by atoms with Crippen LogP contribution in [0.2, 0.25) is 0 Å². The first kappa shape index (κ1) is 13.0. The fraction of sp³-hybridized carbons (Fsp3) is 0.385. The monoisotopic (exact) mass is 256 g/mol. The molecule has 1 heterocycles. The summed E-state index contributed by atoms with van der Waals surface area (Å²) in [5.41, 5.74) is 6.06. The predicted molar refractivity (Wildman–Crippen MR) is 65.3 cm³/mol. The second kappa shape index (κ2) is 4.02. The first-order chi connectivity index (χ1) is 8.17. The third kappa shape index (κ3) is 2.67. The number of halogens is 3. The summed E-state index contributed by atoms with van der Waals surface area (Å²) in [5.74, 6) is 0. The highest BCUT2D eigenvalue weighted by Crippen LogP contribution is 2.32. The van der Waals surface area contributed by atoms with Gasteiger partial charge in [0.25, 0.3) is 0 Å². The number of fused-ring (bicyclic) bond motifs is 1. The van der Waals surface area contributed by atoms with Crippen LogP contribution in [-0.4, -0.2) is 10.5 Å². The first-order valence-electron chi connectivity index (χ1n) is 5.63. The topological polar surface area (TPSA) is 41.8 Å². The Morgan fingerprint density at radius 3 is 2.44 bits per heavy atom. The molecular formula is C13H15F3N2. The molecule has 0 aliphatic rings. The van der Waals surface area contributed by atoms with Crippen molar-refractivity contribution in [3.63, 3.8) is 0 Å². The molecule has 0 radical (unpaired) electrons. The van der Waals surface area contributed by atoms with Crippen molar-refractivity contribution < 1.29 is 13.2 Å². The SMILES string of the molecule is CC(C)(N)Cc1cccc2[nH]c(C(F)(F)F)cc12. The molecule has 3 N–H and O–H groups in total. The number of alkyl halides is 3. The Balaban J connectivity index is 2.53. The molecule has 0 aliphatic carbocycles. The van der Waals surface area contributed by atoms with Crippen LogP contribution in [0, 0.1) is 0 Å². The minimum atomic E-state index is -4.35. The van der Waals surface area contributed by atoms with E-state index in [1.807, 2.05) is 19.9 Å². The quantitative estimate of drug-likeness (QED) is 0.848. The fourth-order valence-corrected chi connectivity index (χ4v) is 2.02. The van der Waals surface area contributed by atoms with E-state index in [0.717, 1.165) is 11.6 Å². The van der Waals surface area contributed by atoms with Gasteiger partial charge in [-0.2, -0.15) is 13.2 Å². The van der Waals surface area contributed by atoms with Gasteiger partial charge in [0.15, 0.2) is 0 Å². The maximum atomic E-state index is 12.6. The maximum Gasteiger partial charge on any atom is 0.431 e. The molecule has 0 saturated heterocycles. The van der Waals surface area contributed by atoms with E-state index in [4.69, 9.17) is 5.73 Å². The van der Waals surface area contributed by atoms with Crippen LogP contribution in [0.15, 0.2) is 24.3 Å². The van der Waals surface area contributed by atoms with Gasteiger partial charge in [-0.1, -0.05) is 12.1 Å². The van der Waals surface area contributed by atoms with Gasteiger partial charge in [0.2, 0.25) is 0 Å². The van der Waals surface area contributed by atoms with E-state index in [1.165, 1.54) is 0 Å². The van der Waals surface area contributed by atoms with Gasteiger partial charge in [-0.25, -0.2) is 0 Å². The zero-order valence-corrected chi connectivity index (χ0v) is 10.2. The van der Waals surface area contributed by atoms with Crippen molar-refractivity contribution in [3.8, 4) is 0 Å². The summed E-state index contributed by atoms with van der Waals surface area (Å²) >= 11 is 0. The number of aromatic amines is 1. The van der Waals surface area contributed by atoms with Crippen molar-refractivity contribution in [2.45, 2.75) is 32.0 Å². The van der Waals surface area contributed by atoms with Crippen LogP contribution in [0.5, 0.6) is 0 Å². The van der Waals surface area contributed by atoms with E-state index < -0.39 is 17.4 Å². The molecule has 1 aromatic heterocycles. The van der Waals surface area contributed by atoms with Crippen molar-refractivity contribution in [1.29, 1.82) is 0 Å². The minimum absolute atomic E-state index is 0.454. The molecule has 0 unspecified atom stereocenters. The summed E-state index contributed by atoms with van der Waals surface area (Å²) in [4.78, 5) is 2.40. The minimum Gasteiger partial charge on any atom is -0.351 e. The Morgan fingerprint density at radius 2 is 1.89 bits per heavy atom. The molecule has 2 nitrogen and oxygen atoms in total. The molecule has 0 saturated carbocycles. The van der Waals surface area contributed by atoms with Gasteiger partial charge in [0, 0.05) is 16.4 Å². The zero-order chi connectivity index (χ0) is 13.6. The van der Waals surface area contributed by atoms with Crippen LogP contribution in [0.25, 0.3) is 10.9 Å². The number of hydrogen-bond acceptors (Lipinski definition) is 1. The van der Waals surface area contributed by atoms with Gasteiger partial charge in [-0.05, 0) is 38.0 Å². The van der Waals surface area contributed by atoms with Gasteiger partial charge < -0.3 is 10.7 Å². The Morgan fingerprint density at radius 1 is 1.22 bits per heavy atom. The fourth-order valence-electron chi connectivity index (χ4n) is 2.02. The van der Waals surface area contributed by atoms with Crippen molar-refractivity contribution in [3.05, 3.63) is 35.5 Å². The lowest BCUT2D eigenvalue weighted by Gasteiger charge is -2.18. The predicted octanol–water partition coefficient (Wildman–Crippen LogP) is 3.47. The molecule has 0 fully saturated rings. The summed E-state index contributed by atoms with van der Waals surface area (Å²) in [6.45, 7) is 3.70. The smallest absolute Gasteiger partial charge is 0.351 e. The summed E-state index contributed by atoms with van der Waals surface area (Å²) in [6, 6.07) is 6.33. The number of rotatable bonds is 2. The largest absolute Gasteiger partial charge is 0.431 e. The van der Waals surface area contributed by atoms with E-state index in [1.54, 1.807) is 12.1 Å². The molecule has 0 atom stereocenters. The average Bonchev–Trinajstić information content (AvgIpc) is 2.59. The summed E-state index contributed by atoms with van der Waals surface area (Å²) in [5, 5.41) is 0.586. The summed E-state index contributed by atoms with van der Waals surface area (Å²) < 4.78 is 37.9. The number of benzene rings is 1. The number of nitrogens with one attached hydrogen (secondary N) is 1. The molecule has 18 heavy (non-hydrogen) atoms. The Hall–Kier alpha value is -1.49. The number of nitrogens with two attached hydrogens (primary N) is 1. The van der Waals surface area contributed by atoms with Crippen LogP contribution >= 0.6 is 0 Å². The van der Waals surface area contributed by atoms with Crippen molar-refractivity contribution in [2.75, 3.05) is 0 Å². The Bertz CT molecular complexity index is 562. The van der Waals surface area contributed by atoms with E-state index >= 15 is 0 Å².